The minimum absolute atomic E-state index is 0.0903. The fourth-order valence-electron chi connectivity index (χ4n) is 4.56. The Bertz CT molecular complexity index is 1390. The summed E-state index contributed by atoms with van der Waals surface area (Å²) in [6, 6.07) is 7.34. The van der Waals surface area contributed by atoms with E-state index in [9.17, 15) is 9.00 Å². The molecule has 3 N–H and O–H groups in total. The quantitative estimate of drug-likeness (QED) is 0.194. The highest BCUT2D eigenvalue weighted by atomic mass is 32.2. The van der Waals surface area contributed by atoms with Crippen molar-refractivity contribution in [3.63, 3.8) is 0 Å². The van der Waals surface area contributed by atoms with Gasteiger partial charge in [0.2, 0.25) is 0 Å². The molecule has 0 saturated heterocycles. The topological polar surface area (TPSA) is 115 Å². The highest BCUT2D eigenvalue weighted by Crippen LogP contribution is 2.38. The molecule has 10 heteroatoms. The molecule has 5 rings (SSSR count). The van der Waals surface area contributed by atoms with Crippen LogP contribution in [0.3, 0.4) is 0 Å². The molecule has 3 aromatic rings. The Kier molecular flexibility index (Phi) is 5.65. The first-order chi connectivity index (χ1) is 16.2. The van der Waals surface area contributed by atoms with Crippen LogP contribution < -0.4 is 15.9 Å². The summed E-state index contributed by atoms with van der Waals surface area (Å²) >= 11 is 0. The van der Waals surface area contributed by atoms with Gasteiger partial charge >= 0.3 is 6.03 Å². The van der Waals surface area contributed by atoms with Crippen LogP contribution in [-0.4, -0.2) is 31.5 Å². The van der Waals surface area contributed by atoms with Gasteiger partial charge in [-0.05, 0) is 55.5 Å². The van der Waals surface area contributed by atoms with Gasteiger partial charge in [0.15, 0.2) is 5.88 Å². The van der Waals surface area contributed by atoms with Gasteiger partial charge in [0, 0.05) is 39.5 Å². The van der Waals surface area contributed by atoms with Gasteiger partial charge in [-0.15, -0.1) is 0 Å². The van der Waals surface area contributed by atoms with Crippen LogP contribution in [0.4, 0.5) is 10.5 Å². The van der Waals surface area contributed by atoms with Crippen molar-refractivity contribution in [1.29, 1.82) is 0 Å². The van der Waals surface area contributed by atoms with Crippen LogP contribution in [0.1, 0.15) is 37.1 Å². The van der Waals surface area contributed by atoms with Crippen LogP contribution in [0.2, 0.25) is 0 Å². The van der Waals surface area contributed by atoms with Crippen LogP contribution in [0, 0.1) is 12.3 Å². The van der Waals surface area contributed by atoms with Crippen LogP contribution in [0.5, 0.6) is 5.88 Å². The second-order valence-corrected chi connectivity index (χ2v) is 10.9. The van der Waals surface area contributed by atoms with Gasteiger partial charge in [0.25, 0.3) is 0 Å². The van der Waals surface area contributed by atoms with Crippen molar-refractivity contribution < 1.29 is 17.8 Å². The van der Waals surface area contributed by atoms with Gasteiger partial charge in [-0.25, -0.2) is 14.1 Å². The lowest BCUT2D eigenvalue weighted by Crippen LogP contribution is -2.34. The molecule has 2 amide bonds. The highest BCUT2D eigenvalue weighted by Gasteiger charge is 2.29. The van der Waals surface area contributed by atoms with Crippen molar-refractivity contribution in [2.75, 3.05) is 11.9 Å². The maximum Gasteiger partial charge on any atom is 0.493 e. The number of hydrogen-bond donors (Lipinski definition) is 2. The highest BCUT2D eigenvalue weighted by molar-refractivity contribution is 7.72. The molecule has 0 radical (unpaired) electrons. The zero-order valence-corrected chi connectivity index (χ0v) is 20.3. The van der Waals surface area contributed by atoms with Crippen molar-refractivity contribution in [3.8, 4) is 17.0 Å². The van der Waals surface area contributed by atoms with Crippen molar-refractivity contribution in [2.24, 2.45) is 11.3 Å². The number of ether oxygens (including phenoxy) is 1. The number of carbonyl (C=O) groups is 1. The number of nitrogens with two attached hydrogens (primary N) is 1. The number of urea groups is 1. The first-order valence-electron chi connectivity index (χ1n) is 11.3. The van der Waals surface area contributed by atoms with Crippen molar-refractivity contribution in [2.45, 2.75) is 51.5 Å². The SMILES string of the molecule is Cc1cc(-c2ccc3c(c2NC(=O)[N+](N)=[S-](=O)c2cnn4c2OCC(C)(C)C4)CCC3)ccn1. The summed E-state index contributed by atoms with van der Waals surface area (Å²) in [5, 5.41) is 7.23. The molecule has 178 valence electrons. The van der Waals surface area contributed by atoms with Gasteiger partial charge in [0.05, 0.1) is 13.2 Å². The average Bonchev–Trinajstić information content (AvgIpc) is 3.44. The maximum atomic E-state index is 13.2. The lowest BCUT2D eigenvalue weighted by molar-refractivity contribution is -0.409. The van der Waals surface area contributed by atoms with Gasteiger partial charge in [-0.2, -0.15) is 15.7 Å². The van der Waals surface area contributed by atoms with Gasteiger partial charge in [-0.3, -0.25) is 4.98 Å². The number of rotatable bonds is 3. The molecular formula is C24H28N6O3S. The van der Waals surface area contributed by atoms with Gasteiger partial charge in [0.1, 0.15) is 5.69 Å². The van der Waals surface area contributed by atoms with E-state index in [4.69, 9.17) is 10.6 Å². The summed E-state index contributed by atoms with van der Waals surface area (Å²) < 4.78 is 21.4. The molecule has 0 bridgehead atoms. The summed E-state index contributed by atoms with van der Waals surface area (Å²) in [6.45, 7) is 7.15. The lowest BCUT2D eigenvalue weighted by atomic mass is 9.94. The first-order valence-corrected chi connectivity index (χ1v) is 12.4. The zero-order valence-electron chi connectivity index (χ0n) is 19.5. The number of aryl methyl sites for hydroxylation is 2. The molecule has 3 heterocycles. The Morgan fingerprint density at radius 3 is 2.91 bits per heavy atom. The molecule has 0 spiro atoms. The van der Waals surface area contributed by atoms with Crippen LogP contribution in [0.15, 0.2) is 41.6 Å². The van der Waals surface area contributed by atoms with Crippen LogP contribution >= 0.6 is 0 Å². The van der Waals surface area contributed by atoms with E-state index < -0.39 is 16.6 Å². The number of hydrazine groups is 1. The second kappa shape index (κ2) is 8.52. The standard InChI is InChI=1S/C24H28N6O3S/c1-15-11-17(9-10-26-15)19-8-7-16-5-4-6-18(16)21(19)28-23(31)30(25)34(32)20-12-27-29-13-24(2,3)14-33-22(20)29/h7-12H,4-6,13-14,25H2,1-3H3,(H,28,31). The molecule has 0 unspecified atom stereocenters. The second-order valence-electron chi connectivity index (χ2n) is 9.59. The zero-order chi connectivity index (χ0) is 24.0. The number of nitrogens with zero attached hydrogens (tertiary/aromatic N) is 4. The third-order valence-electron chi connectivity index (χ3n) is 6.23. The number of aromatic nitrogens is 3. The largest absolute Gasteiger partial charge is 0.493 e. The van der Waals surface area contributed by atoms with E-state index in [0.717, 1.165) is 41.6 Å². The van der Waals surface area contributed by atoms with E-state index in [0.29, 0.717) is 28.8 Å². The van der Waals surface area contributed by atoms with Crippen LogP contribution in [0.25, 0.3) is 11.1 Å². The van der Waals surface area contributed by atoms with Gasteiger partial charge in [-0.1, -0.05) is 30.5 Å². The predicted octanol–water partition coefficient (Wildman–Crippen LogP) is 3.79. The average molecular weight is 481 g/mol. The number of fused-ring (bicyclic) bond motifs is 2. The molecule has 0 fully saturated rings. The number of benzene rings is 1. The lowest BCUT2D eigenvalue weighted by Gasteiger charge is -2.31. The fourth-order valence-corrected chi connectivity index (χ4v) is 5.42. The Labute approximate surface area is 200 Å². The molecule has 1 aliphatic carbocycles. The summed E-state index contributed by atoms with van der Waals surface area (Å²) in [6.07, 6.45) is 6.04. The first kappa shape index (κ1) is 22.5. The molecule has 1 aromatic carbocycles. The van der Waals surface area contributed by atoms with E-state index in [-0.39, 0.29) is 10.3 Å². The number of nitrogens with one attached hydrogen (secondary N) is 1. The Hall–Kier alpha value is -3.24. The van der Waals surface area contributed by atoms with E-state index >= 15 is 0 Å². The van der Waals surface area contributed by atoms with Crippen molar-refractivity contribution in [1.82, 2.24) is 14.8 Å². The maximum absolute atomic E-state index is 13.2. The molecule has 2 aliphatic rings. The molecule has 1 aliphatic heterocycles. The van der Waals surface area contributed by atoms with Crippen molar-refractivity contribution in [3.05, 3.63) is 53.5 Å². The number of anilines is 1. The van der Waals surface area contributed by atoms with Crippen LogP contribution in [-0.2, 0) is 34.2 Å². The minimum atomic E-state index is -1.99. The summed E-state index contributed by atoms with van der Waals surface area (Å²) in [4.78, 5) is 17.7. The Morgan fingerprint density at radius 1 is 1.29 bits per heavy atom. The summed E-state index contributed by atoms with van der Waals surface area (Å²) in [5.41, 5.74) is 5.62. The third-order valence-corrected chi connectivity index (χ3v) is 7.41. The number of amides is 2. The normalized spacial score (nSPS) is 17.4. The fraction of sp³-hybridized carbons (Fsp3) is 0.375. The molecular weight excluding hydrogens is 452 g/mol. The number of carbonyl (C=O) groups excluding carboxylic acids is 1. The number of pyridine rings is 1. The van der Waals surface area contributed by atoms with Gasteiger partial charge < -0.3 is 8.95 Å². The number of hydrogen-bond acceptors (Lipinski definition) is 6. The molecule has 0 atom stereocenters. The molecule has 9 nitrogen and oxygen atoms in total. The third kappa shape index (κ3) is 4.07. The van der Waals surface area contributed by atoms with E-state index in [2.05, 4.69) is 35.3 Å². The Morgan fingerprint density at radius 2 is 2.12 bits per heavy atom. The summed E-state index contributed by atoms with van der Waals surface area (Å²) in [7, 11) is -1.99. The monoisotopic (exact) mass is 480 g/mol. The minimum Gasteiger partial charge on any atom is -0.478 e. The van der Waals surface area contributed by atoms with Crippen molar-refractivity contribution >= 4 is 22.3 Å². The smallest absolute Gasteiger partial charge is 0.478 e. The molecule has 2 aromatic heterocycles. The molecule has 34 heavy (non-hydrogen) atoms. The predicted molar refractivity (Wildman–Crippen MR) is 128 cm³/mol. The Balaban J connectivity index is 1.51. The summed E-state index contributed by atoms with van der Waals surface area (Å²) in [5.74, 6) is 6.45. The van der Waals surface area contributed by atoms with E-state index in [1.807, 2.05) is 25.1 Å². The molecule has 0 saturated carbocycles. The van der Waals surface area contributed by atoms with E-state index in [1.54, 1.807) is 10.9 Å². The van der Waals surface area contributed by atoms with E-state index in [1.165, 1.54) is 11.8 Å².